The lowest BCUT2D eigenvalue weighted by Crippen LogP contribution is -2.40. The average Bonchev–Trinajstić information content (AvgIpc) is 3.30. The topological polar surface area (TPSA) is 91.9 Å². The van der Waals surface area contributed by atoms with E-state index in [1.807, 2.05) is 41.3 Å². The van der Waals surface area contributed by atoms with Gasteiger partial charge in [0.25, 0.3) is 0 Å². The Morgan fingerprint density at radius 2 is 1.62 bits per heavy atom. The number of rotatable bonds is 2. The monoisotopic (exact) mass is 506 g/mol. The van der Waals surface area contributed by atoms with Crippen LogP contribution < -0.4 is 25.4 Å². The minimum Gasteiger partial charge on any atom is -0.497 e. The van der Waals surface area contributed by atoms with Crippen LogP contribution in [0.1, 0.15) is 66.9 Å². The highest BCUT2D eigenvalue weighted by molar-refractivity contribution is 5.87. The summed E-state index contributed by atoms with van der Waals surface area (Å²) < 4.78 is 11.8. The van der Waals surface area contributed by atoms with Crippen LogP contribution in [-0.4, -0.2) is 63.1 Å². The lowest BCUT2D eigenvalue weighted by molar-refractivity contribution is -0.134. The van der Waals surface area contributed by atoms with Crippen LogP contribution in [-0.2, 0) is 9.59 Å². The molecule has 0 radical (unpaired) electrons. The number of benzene rings is 2. The van der Waals surface area contributed by atoms with Gasteiger partial charge in [-0.05, 0) is 80.7 Å². The molecule has 0 saturated carbocycles. The second kappa shape index (κ2) is 12.0. The van der Waals surface area contributed by atoms with E-state index in [0.29, 0.717) is 32.5 Å². The molecule has 3 aliphatic rings. The Labute approximate surface area is 219 Å². The first-order valence-corrected chi connectivity index (χ1v) is 13.6. The molecule has 3 heterocycles. The molecule has 3 atom stereocenters. The Balaban J connectivity index is 1.57. The minimum absolute atomic E-state index is 0.0324. The molecule has 0 aliphatic carbocycles. The van der Waals surface area contributed by atoms with Gasteiger partial charge >= 0.3 is 0 Å². The van der Waals surface area contributed by atoms with Crippen molar-refractivity contribution < 1.29 is 19.1 Å². The third kappa shape index (κ3) is 5.91. The average molecular weight is 507 g/mol. The maximum Gasteiger partial charge on any atom is 0.234 e. The van der Waals surface area contributed by atoms with Crippen LogP contribution in [0.15, 0.2) is 42.5 Å². The summed E-state index contributed by atoms with van der Waals surface area (Å²) in [6, 6.07) is 13.8. The predicted molar refractivity (Wildman–Crippen MR) is 142 cm³/mol. The van der Waals surface area contributed by atoms with Crippen LogP contribution >= 0.6 is 0 Å². The Morgan fingerprint density at radius 3 is 2.43 bits per heavy atom. The van der Waals surface area contributed by atoms with Crippen LogP contribution in [0.25, 0.3) is 0 Å². The van der Waals surface area contributed by atoms with E-state index in [-0.39, 0.29) is 17.9 Å². The minimum atomic E-state index is -0.450. The predicted octanol–water partition coefficient (Wildman–Crippen LogP) is 3.06. The first-order valence-electron chi connectivity index (χ1n) is 13.6. The fraction of sp³-hybridized carbons (Fsp3) is 0.517. The van der Waals surface area contributed by atoms with Crippen molar-refractivity contribution in [3.63, 3.8) is 0 Å². The van der Waals surface area contributed by atoms with Crippen molar-refractivity contribution in [3.05, 3.63) is 59.2 Å². The number of nitrogens with zero attached hydrogens (tertiary/aromatic N) is 1. The summed E-state index contributed by atoms with van der Waals surface area (Å²) in [6.07, 6.45) is 3.64. The molecule has 0 unspecified atom stereocenters. The molecular formula is C29H38N4O4. The van der Waals surface area contributed by atoms with Gasteiger partial charge in [0.15, 0.2) is 0 Å². The molecule has 2 aromatic carbocycles. The zero-order valence-electron chi connectivity index (χ0n) is 21.6. The quantitative estimate of drug-likeness (QED) is 0.580. The van der Waals surface area contributed by atoms with Crippen molar-refractivity contribution in [2.45, 2.75) is 50.2 Å². The van der Waals surface area contributed by atoms with Gasteiger partial charge in [-0.3, -0.25) is 9.59 Å². The number of methoxy groups -OCH3 is 1. The van der Waals surface area contributed by atoms with Crippen LogP contribution in [0, 0.1) is 0 Å². The zero-order valence-corrected chi connectivity index (χ0v) is 21.6. The van der Waals surface area contributed by atoms with Crippen molar-refractivity contribution in [2.75, 3.05) is 46.4 Å². The summed E-state index contributed by atoms with van der Waals surface area (Å²) >= 11 is 0. The van der Waals surface area contributed by atoms with Gasteiger partial charge in [-0.1, -0.05) is 18.2 Å². The molecule has 2 amide bonds. The molecule has 3 aliphatic heterocycles. The highest BCUT2D eigenvalue weighted by Crippen LogP contribution is 2.48. The molecule has 5 rings (SSSR count). The van der Waals surface area contributed by atoms with Crippen molar-refractivity contribution in [2.24, 2.45) is 0 Å². The Bertz CT molecular complexity index is 1090. The van der Waals surface area contributed by atoms with E-state index in [2.05, 4.69) is 22.0 Å². The third-order valence-corrected chi connectivity index (χ3v) is 7.62. The second-order valence-electron chi connectivity index (χ2n) is 10.1. The summed E-state index contributed by atoms with van der Waals surface area (Å²) in [5.74, 6) is 1.17. The van der Waals surface area contributed by atoms with Crippen molar-refractivity contribution in [1.29, 1.82) is 0 Å². The fourth-order valence-corrected chi connectivity index (χ4v) is 5.58. The highest BCUT2D eigenvalue weighted by Gasteiger charge is 2.43. The zero-order chi connectivity index (χ0) is 25.6. The van der Waals surface area contributed by atoms with Gasteiger partial charge in [-0.15, -0.1) is 0 Å². The largest absolute Gasteiger partial charge is 0.497 e. The summed E-state index contributed by atoms with van der Waals surface area (Å²) in [7, 11) is 1.65. The van der Waals surface area contributed by atoms with Gasteiger partial charge in [0, 0.05) is 37.7 Å². The molecular weight excluding hydrogens is 468 g/mol. The van der Waals surface area contributed by atoms with E-state index in [4.69, 9.17) is 9.47 Å². The second-order valence-corrected chi connectivity index (χ2v) is 10.1. The summed E-state index contributed by atoms with van der Waals surface area (Å²) in [4.78, 5) is 29.1. The molecule has 0 fully saturated rings. The first-order chi connectivity index (χ1) is 18.1. The number of ether oxygens (including phenoxy) is 2. The molecule has 0 aromatic heterocycles. The smallest absolute Gasteiger partial charge is 0.234 e. The number of hydrogen-bond acceptors (Lipinski definition) is 6. The number of carbonyl (C=O) groups is 2. The maximum atomic E-state index is 14.3. The van der Waals surface area contributed by atoms with E-state index in [9.17, 15) is 9.59 Å². The van der Waals surface area contributed by atoms with Gasteiger partial charge in [-0.2, -0.15) is 0 Å². The molecule has 37 heavy (non-hydrogen) atoms. The third-order valence-electron chi connectivity index (χ3n) is 7.62. The van der Waals surface area contributed by atoms with Gasteiger partial charge in [0.2, 0.25) is 11.8 Å². The summed E-state index contributed by atoms with van der Waals surface area (Å²) in [5.41, 5.74) is 2.87. The first kappa shape index (κ1) is 25.5. The van der Waals surface area contributed by atoms with Gasteiger partial charge in [0.05, 0.1) is 7.11 Å². The van der Waals surface area contributed by atoms with Crippen molar-refractivity contribution >= 4 is 11.8 Å². The van der Waals surface area contributed by atoms with Crippen molar-refractivity contribution in [3.8, 4) is 11.5 Å². The number of fused-ring (bicyclic) bond motifs is 1. The standard InChI is InChI=1S/C29H38N4O4/c1-36-22-9-6-20(7-10-22)28-27-23-18-21(8-11-25(23)37-28)24-19-26(34)32-15-5-17-33(29(27)35)16-4-13-30-12-2-3-14-31-24/h6-11,18,24,27-28,30-31H,2-5,12-17,19H2,1H3,(H,32,34)/t24-,27+,28-/m0/s1. The Hall–Kier alpha value is -3.10. The van der Waals surface area contributed by atoms with Gasteiger partial charge < -0.3 is 30.3 Å². The lowest BCUT2D eigenvalue weighted by atomic mass is 9.87. The molecule has 4 bridgehead atoms. The van der Waals surface area contributed by atoms with E-state index in [0.717, 1.165) is 67.1 Å². The number of carbonyl (C=O) groups excluding carboxylic acids is 2. The van der Waals surface area contributed by atoms with Gasteiger partial charge in [-0.25, -0.2) is 0 Å². The number of hydrogen-bond donors (Lipinski definition) is 3. The van der Waals surface area contributed by atoms with E-state index < -0.39 is 12.0 Å². The lowest BCUT2D eigenvalue weighted by Gasteiger charge is -2.28. The SMILES string of the molecule is COc1ccc([C@@H]2Oc3ccc4cc3[C@H]2C(=O)N2CCCNCCCCN[C@H]4CC(=O)NCCC2)cc1. The summed E-state index contributed by atoms with van der Waals surface area (Å²) in [6.45, 7) is 4.49. The Morgan fingerprint density at radius 1 is 0.892 bits per heavy atom. The van der Waals surface area contributed by atoms with E-state index in [1.54, 1.807) is 7.11 Å². The molecule has 2 aromatic rings. The highest BCUT2D eigenvalue weighted by atomic mass is 16.5. The fourth-order valence-electron chi connectivity index (χ4n) is 5.58. The molecule has 0 spiro atoms. The maximum absolute atomic E-state index is 14.3. The summed E-state index contributed by atoms with van der Waals surface area (Å²) in [5, 5.41) is 10.2. The van der Waals surface area contributed by atoms with Gasteiger partial charge in [0.1, 0.15) is 23.5 Å². The molecule has 0 saturated heterocycles. The van der Waals surface area contributed by atoms with Crippen LogP contribution in [0.4, 0.5) is 0 Å². The molecule has 198 valence electrons. The number of nitrogens with one attached hydrogen (secondary N) is 3. The van der Waals surface area contributed by atoms with E-state index in [1.165, 1.54) is 0 Å². The Kier molecular flexibility index (Phi) is 8.26. The normalized spacial score (nSPS) is 25.3. The van der Waals surface area contributed by atoms with Crippen LogP contribution in [0.3, 0.4) is 0 Å². The van der Waals surface area contributed by atoms with Crippen LogP contribution in [0.5, 0.6) is 11.5 Å². The van der Waals surface area contributed by atoms with Crippen molar-refractivity contribution in [1.82, 2.24) is 20.9 Å². The van der Waals surface area contributed by atoms with E-state index >= 15 is 0 Å². The van der Waals surface area contributed by atoms with Crippen LogP contribution in [0.2, 0.25) is 0 Å². The molecule has 3 N–H and O–H groups in total. The number of amides is 2. The molecule has 8 nitrogen and oxygen atoms in total. The molecule has 8 heteroatoms.